The average molecular weight is 422 g/mol. The summed E-state index contributed by atoms with van der Waals surface area (Å²) in [5.41, 5.74) is 2.36. The summed E-state index contributed by atoms with van der Waals surface area (Å²) >= 11 is 7.45. The normalized spacial score (nSPS) is 11.8. The molecule has 0 fully saturated rings. The second-order valence-electron chi connectivity index (χ2n) is 5.52. The molecule has 0 aliphatic carbocycles. The van der Waals surface area contributed by atoms with Gasteiger partial charge in [-0.15, -0.1) is 11.3 Å². The Kier molecular flexibility index (Phi) is 6.81. The molecule has 0 aliphatic heterocycles. The van der Waals surface area contributed by atoms with Crippen molar-refractivity contribution in [2.24, 2.45) is 4.99 Å². The van der Waals surface area contributed by atoms with E-state index in [1.165, 1.54) is 11.3 Å². The van der Waals surface area contributed by atoms with E-state index in [0.717, 1.165) is 5.69 Å². The summed E-state index contributed by atoms with van der Waals surface area (Å²) in [4.78, 5) is 13.6. The molecule has 0 saturated heterocycles. The van der Waals surface area contributed by atoms with E-state index in [4.69, 9.17) is 16.9 Å². The zero-order valence-corrected chi connectivity index (χ0v) is 16.0. The van der Waals surface area contributed by atoms with Gasteiger partial charge in [0.1, 0.15) is 11.8 Å². The molecule has 10 heteroatoms. The second-order valence-corrected chi connectivity index (χ2v) is 6.76. The molecule has 6 nitrogen and oxygen atoms in total. The summed E-state index contributed by atoms with van der Waals surface area (Å²) in [5.74, 6) is 0. The number of nitriles is 1. The standard InChI is InChI=1S/C18H14ClF2N5OS/c19-14-8-13(3-2-12(14)9-22)25-18-26(6-1-7-27-17(20)21)16(11-28-18)15-10-23-4-5-24-15/h2-5,8,10-11,17H,1,6-7H2. The molecule has 144 valence electrons. The molecule has 0 N–H and O–H groups in total. The Morgan fingerprint density at radius 1 is 1.36 bits per heavy atom. The van der Waals surface area contributed by atoms with Gasteiger partial charge in [-0.25, -0.2) is 4.99 Å². The Labute approximate surface area is 168 Å². The van der Waals surface area contributed by atoms with Gasteiger partial charge in [-0.1, -0.05) is 11.6 Å². The molecular weight excluding hydrogens is 408 g/mol. The van der Waals surface area contributed by atoms with Crippen molar-refractivity contribution in [2.75, 3.05) is 6.61 Å². The van der Waals surface area contributed by atoms with E-state index in [-0.39, 0.29) is 6.61 Å². The Morgan fingerprint density at radius 3 is 2.89 bits per heavy atom. The van der Waals surface area contributed by atoms with Crippen molar-refractivity contribution in [1.29, 1.82) is 5.26 Å². The number of hydrogen-bond donors (Lipinski definition) is 0. The number of halogens is 3. The predicted octanol–water partition coefficient (Wildman–Crippen LogP) is 4.39. The fourth-order valence-electron chi connectivity index (χ4n) is 2.44. The van der Waals surface area contributed by atoms with Crippen LogP contribution in [0.25, 0.3) is 11.4 Å². The van der Waals surface area contributed by atoms with Crippen molar-refractivity contribution in [3.63, 3.8) is 0 Å². The highest BCUT2D eigenvalue weighted by atomic mass is 35.5. The highest BCUT2D eigenvalue weighted by Gasteiger charge is 2.11. The molecule has 2 heterocycles. The molecule has 0 aliphatic rings. The fourth-order valence-corrected chi connectivity index (χ4v) is 3.60. The first-order valence-electron chi connectivity index (χ1n) is 8.17. The van der Waals surface area contributed by atoms with Gasteiger partial charge in [-0.2, -0.15) is 14.0 Å². The van der Waals surface area contributed by atoms with E-state index in [0.29, 0.717) is 39.7 Å². The fraction of sp³-hybridized carbons (Fsp3) is 0.222. The number of benzene rings is 1. The van der Waals surface area contributed by atoms with Crippen LogP contribution in [0.3, 0.4) is 0 Å². The van der Waals surface area contributed by atoms with E-state index < -0.39 is 6.61 Å². The van der Waals surface area contributed by atoms with Crippen LogP contribution in [-0.2, 0) is 11.3 Å². The van der Waals surface area contributed by atoms with Crippen LogP contribution in [-0.4, -0.2) is 27.8 Å². The number of hydrogen-bond acceptors (Lipinski definition) is 6. The minimum atomic E-state index is -2.79. The summed E-state index contributed by atoms with van der Waals surface area (Å²) in [6.07, 6.45) is 5.14. The van der Waals surface area contributed by atoms with E-state index in [1.54, 1.807) is 36.8 Å². The lowest BCUT2D eigenvalue weighted by Crippen LogP contribution is -2.17. The van der Waals surface area contributed by atoms with Crippen LogP contribution in [0.1, 0.15) is 12.0 Å². The zero-order chi connectivity index (χ0) is 19.9. The predicted molar refractivity (Wildman–Crippen MR) is 101 cm³/mol. The lowest BCUT2D eigenvalue weighted by atomic mass is 10.2. The van der Waals surface area contributed by atoms with E-state index in [9.17, 15) is 8.78 Å². The number of ether oxygens (including phenoxy) is 1. The number of alkyl halides is 2. The molecule has 1 aromatic carbocycles. The maximum atomic E-state index is 12.2. The third kappa shape index (κ3) is 4.98. The van der Waals surface area contributed by atoms with Crippen molar-refractivity contribution in [1.82, 2.24) is 14.5 Å². The van der Waals surface area contributed by atoms with Crippen LogP contribution in [0, 0.1) is 11.3 Å². The van der Waals surface area contributed by atoms with Crippen LogP contribution in [0.5, 0.6) is 0 Å². The van der Waals surface area contributed by atoms with Crippen LogP contribution in [0.15, 0.2) is 47.2 Å². The molecular formula is C18H14ClF2N5OS. The maximum absolute atomic E-state index is 12.2. The third-order valence-electron chi connectivity index (χ3n) is 3.69. The van der Waals surface area contributed by atoms with Crippen molar-refractivity contribution in [3.8, 4) is 17.5 Å². The van der Waals surface area contributed by atoms with Gasteiger partial charge < -0.3 is 9.30 Å². The summed E-state index contributed by atoms with van der Waals surface area (Å²) in [5, 5.41) is 11.2. The highest BCUT2D eigenvalue weighted by molar-refractivity contribution is 7.07. The first kappa shape index (κ1) is 20.1. The number of thiazole rings is 1. The van der Waals surface area contributed by atoms with Gasteiger partial charge >= 0.3 is 6.61 Å². The molecule has 0 radical (unpaired) electrons. The monoisotopic (exact) mass is 421 g/mol. The quantitative estimate of drug-likeness (QED) is 0.530. The SMILES string of the molecule is N#Cc1ccc(N=c2scc(-c3cnccn3)n2CCCOC(F)F)cc1Cl. The number of aromatic nitrogens is 3. The summed E-state index contributed by atoms with van der Waals surface area (Å²) < 4.78 is 30.6. The zero-order valence-electron chi connectivity index (χ0n) is 14.4. The summed E-state index contributed by atoms with van der Waals surface area (Å²) in [7, 11) is 0. The minimum absolute atomic E-state index is 0.0808. The Morgan fingerprint density at radius 2 is 2.21 bits per heavy atom. The van der Waals surface area contributed by atoms with Gasteiger partial charge in [0.15, 0.2) is 4.80 Å². The summed E-state index contributed by atoms with van der Waals surface area (Å²) in [6.45, 7) is -2.47. The Bertz CT molecular complexity index is 1050. The minimum Gasteiger partial charge on any atom is -0.323 e. The van der Waals surface area contributed by atoms with E-state index in [1.807, 2.05) is 16.0 Å². The van der Waals surface area contributed by atoms with Gasteiger partial charge in [0, 0.05) is 24.3 Å². The molecule has 0 saturated carbocycles. The molecule has 0 bridgehead atoms. The third-order valence-corrected chi connectivity index (χ3v) is 4.87. The van der Waals surface area contributed by atoms with Crippen molar-refractivity contribution >= 4 is 28.6 Å². The van der Waals surface area contributed by atoms with E-state index in [2.05, 4.69) is 19.7 Å². The lowest BCUT2D eigenvalue weighted by molar-refractivity contribution is -0.129. The average Bonchev–Trinajstić information content (AvgIpc) is 3.08. The summed E-state index contributed by atoms with van der Waals surface area (Å²) in [6, 6.07) is 6.89. The second kappa shape index (κ2) is 9.50. The van der Waals surface area contributed by atoms with Crippen LogP contribution in [0.2, 0.25) is 5.02 Å². The highest BCUT2D eigenvalue weighted by Crippen LogP contribution is 2.23. The molecule has 0 atom stereocenters. The van der Waals surface area contributed by atoms with E-state index >= 15 is 0 Å². The van der Waals surface area contributed by atoms with Crippen molar-refractivity contribution in [2.45, 2.75) is 19.6 Å². The van der Waals surface area contributed by atoms with Crippen LogP contribution < -0.4 is 4.80 Å². The largest absolute Gasteiger partial charge is 0.345 e. The van der Waals surface area contributed by atoms with Crippen molar-refractivity contribution < 1.29 is 13.5 Å². The topological polar surface area (TPSA) is 76.1 Å². The molecule has 0 unspecified atom stereocenters. The number of rotatable bonds is 7. The molecule has 0 spiro atoms. The maximum Gasteiger partial charge on any atom is 0.345 e. The van der Waals surface area contributed by atoms with Crippen LogP contribution >= 0.6 is 22.9 Å². The molecule has 3 rings (SSSR count). The molecule has 2 aromatic heterocycles. The first-order valence-corrected chi connectivity index (χ1v) is 9.43. The Hall–Kier alpha value is -2.67. The van der Waals surface area contributed by atoms with Gasteiger partial charge in [0.25, 0.3) is 0 Å². The smallest absolute Gasteiger partial charge is 0.323 e. The van der Waals surface area contributed by atoms with Gasteiger partial charge in [-0.3, -0.25) is 9.97 Å². The van der Waals surface area contributed by atoms with Gasteiger partial charge in [-0.05, 0) is 24.6 Å². The number of nitrogens with zero attached hydrogens (tertiary/aromatic N) is 5. The molecule has 28 heavy (non-hydrogen) atoms. The van der Waals surface area contributed by atoms with Gasteiger partial charge in [0.05, 0.1) is 34.8 Å². The first-order chi connectivity index (χ1) is 13.6. The van der Waals surface area contributed by atoms with Crippen LogP contribution in [0.4, 0.5) is 14.5 Å². The molecule has 3 aromatic rings. The lowest BCUT2D eigenvalue weighted by Gasteiger charge is -2.09. The van der Waals surface area contributed by atoms with Gasteiger partial charge in [0.2, 0.25) is 0 Å². The molecule has 0 amide bonds. The Balaban J connectivity index is 1.97. The van der Waals surface area contributed by atoms with Crippen molar-refractivity contribution in [3.05, 3.63) is 57.6 Å².